The lowest BCUT2D eigenvalue weighted by atomic mass is 9.99. The lowest BCUT2D eigenvalue weighted by Gasteiger charge is -2.20. The quantitative estimate of drug-likeness (QED) is 0.791. The van der Waals surface area contributed by atoms with Crippen molar-refractivity contribution in [3.8, 4) is 0 Å². The van der Waals surface area contributed by atoms with E-state index >= 15 is 0 Å². The maximum Gasteiger partial charge on any atom is 0.0636 e. The highest BCUT2D eigenvalue weighted by atomic mass is 79.9. The van der Waals surface area contributed by atoms with Gasteiger partial charge in [0.25, 0.3) is 0 Å². The van der Waals surface area contributed by atoms with Crippen molar-refractivity contribution in [1.29, 1.82) is 0 Å². The van der Waals surface area contributed by atoms with Crippen LogP contribution in [0, 0.1) is 5.92 Å². The van der Waals surface area contributed by atoms with Gasteiger partial charge in [0.2, 0.25) is 0 Å². The van der Waals surface area contributed by atoms with Gasteiger partial charge in [0.1, 0.15) is 0 Å². The second-order valence-electron chi connectivity index (χ2n) is 5.75. The molecule has 3 heteroatoms. The molecule has 21 heavy (non-hydrogen) atoms. The van der Waals surface area contributed by atoms with Crippen LogP contribution in [0.3, 0.4) is 0 Å². The van der Waals surface area contributed by atoms with E-state index in [2.05, 4.69) is 65.4 Å². The van der Waals surface area contributed by atoms with Crippen molar-refractivity contribution < 1.29 is 0 Å². The molecule has 0 saturated heterocycles. The van der Waals surface area contributed by atoms with Gasteiger partial charge in [-0.05, 0) is 51.5 Å². The number of nitrogens with two attached hydrogens (primary N) is 1. The minimum Gasteiger partial charge on any atom is -0.376 e. The summed E-state index contributed by atoms with van der Waals surface area (Å²) in [4.78, 5) is 0. The van der Waals surface area contributed by atoms with E-state index in [1.807, 2.05) is 18.2 Å². The Hall–Kier alpha value is -1.32. The zero-order chi connectivity index (χ0) is 15.2. The summed E-state index contributed by atoms with van der Waals surface area (Å²) in [6.45, 7) is 5.04. The summed E-state index contributed by atoms with van der Waals surface area (Å²) in [5, 5.41) is 3.50. The molecule has 2 rings (SSSR count). The van der Waals surface area contributed by atoms with Crippen molar-refractivity contribution in [3.63, 3.8) is 0 Å². The Morgan fingerprint density at radius 2 is 1.71 bits per heavy atom. The van der Waals surface area contributed by atoms with Crippen LogP contribution in [0.5, 0.6) is 0 Å². The molecule has 2 aromatic carbocycles. The van der Waals surface area contributed by atoms with Gasteiger partial charge in [-0.3, -0.25) is 0 Å². The van der Waals surface area contributed by atoms with Crippen LogP contribution in [0.25, 0.3) is 0 Å². The highest BCUT2D eigenvalue weighted by Gasteiger charge is 2.11. The zero-order valence-corrected chi connectivity index (χ0v) is 14.2. The molecule has 1 unspecified atom stereocenters. The van der Waals surface area contributed by atoms with E-state index in [0.717, 1.165) is 16.6 Å². The van der Waals surface area contributed by atoms with Crippen LogP contribution >= 0.6 is 15.9 Å². The summed E-state index contributed by atoms with van der Waals surface area (Å²) < 4.78 is 1.06. The second-order valence-corrected chi connectivity index (χ2v) is 6.61. The molecular formula is C18H23BrN2. The summed E-state index contributed by atoms with van der Waals surface area (Å²) in [7, 11) is 0. The van der Waals surface area contributed by atoms with Crippen LogP contribution in [0.1, 0.15) is 31.0 Å². The number of hydrogen-bond donors (Lipinski definition) is 2. The van der Waals surface area contributed by atoms with Crippen molar-refractivity contribution in [2.75, 3.05) is 11.9 Å². The van der Waals surface area contributed by atoms with Crippen LogP contribution < -0.4 is 11.1 Å². The molecule has 1 atom stereocenters. The van der Waals surface area contributed by atoms with Gasteiger partial charge in [-0.2, -0.15) is 0 Å². The number of halogens is 1. The maximum absolute atomic E-state index is 5.94. The average Bonchev–Trinajstić information content (AvgIpc) is 2.47. The number of rotatable bonds is 6. The van der Waals surface area contributed by atoms with E-state index in [1.54, 1.807) is 0 Å². The van der Waals surface area contributed by atoms with E-state index < -0.39 is 0 Å². The monoisotopic (exact) mass is 346 g/mol. The van der Waals surface area contributed by atoms with Gasteiger partial charge in [-0.25, -0.2) is 0 Å². The molecule has 0 aromatic heterocycles. The van der Waals surface area contributed by atoms with Gasteiger partial charge in [0.05, 0.1) is 6.04 Å². The fourth-order valence-electron chi connectivity index (χ4n) is 2.40. The Morgan fingerprint density at radius 3 is 2.29 bits per heavy atom. The lowest BCUT2D eigenvalue weighted by Crippen LogP contribution is -2.20. The van der Waals surface area contributed by atoms with Crippen LogP contribution in [-0.2, 0) is 6.42 Å². The van der Waals surface area contributed by atoms with E-state index in [-0.39, 0.29) is 6.04 Å². The molecule has 0 radical (unpaired) electrons. The molecule has 3 N–H and O–H groups in total. The summed E-state index contributed by atoms with van der Waals surface area (Å²) in [6, 6.07) is 17.0. The SMILES string of the molecule is CC(C)Cc1ccc(C(CN)Nc2ccccc2Br)cc1. The second kappa shape index (κ2) is 7.62. The summed E-state index contributed by atoms with van der Waals surface area (Å²) in [5.41, 5.74) is 9.62. The van der Waals surface area contributed by atoms with Gasteiger partial charge >= 0.3 is 0 Å². The highest BCUT2D eigenvalue weighted by Crippen LogP contribution is 2.26. The normalized spacial score (nSPS) is 12.4. The van der Waals surface area contributed by atoms with Gasteiger partial charge in [-0.15, -0.1) is 0 Å². The number of anilines is 1. The fraction of sp³-hybridized carbons (Fsp3) is 0.333. The number of nitrogens with one attached hydrogen (secondary N) is 1. The van der Waals surface area contributed by atoms with Crippen LogP contribution in [-0.4, -0.2) is 6.54 Å². The largest absolute Gasteiger partial charge is 0.376 e. The lowest BCUT2D eigenvalue weighted by molar-refractivity contribution is 0.647. The molecule has 0 spiro atoms. The Bertz CT molecular complexity index is 564. The van der Waals surface area contributed by atoms with Gasteiger partial charge in [0.15, 0.2) is 0 Å². The van der Waals surface area contributed by atoms with E-state index in [0.29, 0.717) is 12.5 Å². The molecular weight excluding hydrogens is 324 g/mol. The number of hydrogen-bond acceptors (Lipinski definition) is 2. The first-order chi connectivity index (χ1) is 10.1. The molecule has 0 amide bonds. The zero-order valence-electron chi connectivity index (χ0n) is 12.6. The minimum absolute atomic E-state index is 0.122. The van der Waals surface area contributed by atoms with Crippen molar-refractivity contribution in [2.45, 2.75) is 26.3 Å². The molecule has 0 aliphatic rings. The Balaban J connectivity index is 2.12. The third-order valence-corrected chi connectivity index (χ3v) is 4.16. The Kier molecular flexibility index (Phi) is 5.83. The molecule has 0 aliphatic heterocycles. The smallest absolute Gasteiger partial charge is 0.0636 e. The van der Waals surface area contributed by atoms with Gasteiger partial charge < -0.3 is 11.1 Å². The molecule has 0 aliphatic carbocycles. The Morgan fingerprint density at radius 1 is 1.05 bits per heavy atom. The molecule has 0 bridgehead atoms. The first kappa shape index (κ1) is 16.1. The molecule has 2 aromatic rings. The standard InChI is InChI=1S/C18H23BrN2/c1-13(2)11-14-7-9-15(10-8-14)18(12-20)21-17-6-4-3-5-16(17)19/h3-10,13,18,21H,11-12,20H2,1-2H3. The molecule has 0 saturated carbocycles. The van der Waals surface area contributed by atoms with Gasteiger partial charge in [-0.1, -0.05) is 50.2 Å². The molecule has 2 nitrogen and oxygen atoms in total. The molecule has 0 heterocycles. The van der Waals surface area contributed by atoms with Crippen LogP contribution in [0.4, 0.5) is 5.69 Å². The number of benzene rings is 2. The maximum atomic E-state index is 5.94. The van der Waals surface area contributed by atoms with Crippen molar-refractivity contribution in [2.24, 2.45) is 11.7 Å². The first-order valence-corrected chi connectivity index (χ1v) is 8.19. The minimum atomic E-state index is 0.122. The third kappa shape index (κ3) is 4.58. The topological polar surface area (TPSA) is 38.0 Å². The van der Waals surface area contributed by atoms with Crippen LogP contribution in [0.2, 0.25) is 0 Å². The van der Waals surface area contributed by atoms with Gasteiger partial charge in [0, 0.05) is 16.7 Å². The van der Waals surface area contributed by atoms with Crippen molar-refractivity contribution >= 4 is 21.6 Å². The fourth-order valence-corrected chi connectivity index (χ4v) is 2.80. The number of para-hydroxylation sites is 1. The predicted octanol–water partition coefficient (Wildman–Crippen LogP) is 4.76. The average molecular weight is 347 g/mol. The third-order valence-electron chi connectivity index (χ3n) is 3.47. The van der Waals surface area contributed by atoms with Crippen molar-refractivity contribution in [1.82, 2.24) is 0 Å². The molecule has 0 fully saturated rings. The van der Waals surface area contributed by atoms with E-state index in [9.17, 15) is 0 Å². The van der Waals surface area contributed by atoms with E-state index in [1.165, 1.54) is 11.1 Å². The van der Waals surface area contributed by atoms with E-state index in [4.69, 9.17) is 5.73 Å². The summed E-state index contributed by atoms with van der Waals surface area (Å²) in [6.07, 6.45) is 1.12. The predicted molar refractivity (Wildman–Crippen MR) is 94.5 cm³/mol. The van der Waals surface area contributed by atoms with Crippen molar-refractivity contribution in [3.05, 3.63) is 64.1 Å². The summed E-state index contributed by atoms with van der Waals surface area (Å²) >= 11 is 3.56. The highest BCUT2D eigenvalue weighted by molar-refractivity contribution is 9.10. The summed E-state index contributed by atoms with van der Waals surface area (Å²) in [5.74, 6) is 0.680. The Labute approximate surface area is 135 Å². The van der Waals surface area contributed by atoms with Crippen LogP contribution in [0.15, 0.2) is 53.0 Å². The molecule has 112 valence electrons. The first-order valence-electron chi connectivity index (χ1n) is 7.40.